The van der Waals surface area contributed by atoms with Gasteiger partial charge in [-0.2, -0.15) is 0 Å². The van der Waals surface area contributed by atoms with Gasteiger partial charge in [0.05, 0.1) is 17.2 Å². The first-order chi connectivity index (χ1) is 8.45. The van der Waals surface area contributed by atoms with E-state index in [4.69, 9.17) is 4.98 Å². The van der Waals surface area contributed by atoms with E-state index in [1.165, 1.54) is 5.01 Å². The van der Waals surface area contributed by atoms with E-state index in [0.717, 1.165) is 38.4 Å². The minimum absolute atomic E-state index is 0.163. The Morgan fingerprint density at radius 1 is 1.28 bits per heavy atom. The van der Waals surface area contributed by atoms with Gasteiger partial charge in [0.25, 0.3) is 0 Å². The number of hydrogen-bond acceptors (Lipinski definition) is 5. The van der Waals surface area contributed by atoms with Crippen molar-refractivity contribution in [3.8, 4) is 0 Å². The van der Waals surface area contributed by atoms with Gasteiger partial charge in [-0.05, 0) is 7.05 Å². The molecule has 0 atom stereocenters. The predicted molar refractivity (Wildman–Crippen MR) is 76.7 cm³/mol. The molecular formula is C13H24N4S. The monoisotopic (exact) mass is 268 g/mol. The zero-order chi connectivity index (χ0) is 13.2. The first-order valence-electron chi connectivity index (χ1n) is 6.57. The van der Waals surface area contributed by atoms with Crippen molar-refractivity contribution >= 4 is 11.3 Å². The van der Waals surface area contributed by atoms with Gasteiger partial charge in [-0.25, -0.2) is 15.4 Å². The van der Waals surface area contributed by atoms with Gasteiger partial charge >= 0.3 is 0 Å². The summed E-state index contributed by atoms with van der Waals surface area (Å²) in [4.78, 5) is 7.06. The molecule has 0 unspecified atom stereocenters. The molecule has 2 heterocycles. The Hall–Kier alpha value is -0.490. The van der Waals surface area contributed by atoms with Crippen molar-refractivity contribution in [1.29, 1.82) is 0 Å². The fraction of sp³-hybridized carbons (Fsp3) is 0.769. The molecule has 0 aliphatic carbocycles. The largest absolute Gasteiger partial charge is 0.304 e. The Morgan fingerprint density at radius 3 is 2.50 bits per heavy atom. The van der Waals surface area contributed by atoms with E-state index in [1.807, 2.05) is 0 Å². The summed E-state index contributed by atoms with van der Waals surface area (Å²) >= 11 is 1.77. The second-order valence-electron chi connectivity index (χ2n) is 6.02. The van der Waals surface area contributed by atoms with Crippen LogP contribution in [0.4, 0.5) is 0 Å². The molecule has 1 aromatic rings. The molecule has 2 rings (SSSR count). The van der Waals surface area contributed by atoms with Gasteiger partial charge in [0.2, 0.25) is 0 Å². The number of thiazole rings is 1. The summed E-state index contributed by atoms with van der Waals surface area (Å²) in [6, 6.07) is 0. The Bertz CT molecular complexity index is 375. The van der Waals surface area contributed by atoms with E-state index in [0.29, 0.717) is 0 Å². The number of nitrogens with zero attached hydrogens (tertiary/aromatic N) is 3. The molecule has 0 bridgehead atoms. The maximum absolute atomic E-state index is 4.70. The molecule has 1 aliphatic heterocycles. The highest BCUT2D eigenvalue weighted by Gasteiger charge is 2.18. The van der Waals surface area contributed by atoms with Crippen molar-refractivity contribution in [1.82, 2.24) is 20.3 Å². The lowest BCUT2D eigenvalue weighted by molar-refractivity contribution is 0.102. The summed E-state index contributed by atoms with van der Waals surface area (Å²) in [6.07, 6.45) is 0. The number of hydrazine groups is 1. The molecule has 1 aromatic heterocycles. The van der Waals surface area contributed by atoms with Gasteiger partial charge in [-0.1, -0.05) is 20.8 Å². The minimum Gasteiger partial charge on any atom is -0.304 e. The van der Waals surface area contributed by atoms with Crippen LogP contribution in [0.15, 0.2) is 5.38 Å². The van der Waals surface area contributed by atoms with E-state index >= 15 is 0 Å². The average Bonchev–Trinajstić information content (AvgIpc) is 2.77. The molecule has 1 fully saturated rings. The number of rotatable bonds is 3. The summed E-state index contributed by atoms with van der Waals surface area (Å²) in [6.45, 7) is 11.9. The van der Waals surface area contributed by atoms with Crippen LogP contribution < -0.4 is 5.43 Å². The van der Waals surface area contributed by atoms with Crippen LogP contribution in [0.3, 0.4) is 0 Å². The van der Waals surface area contributed by atoms with E-state index in [2.05, 4.69) is 48.5 Å². The van der Waals surface area contributed by atoms with Crippen LogP contribution in [0.5, 0.6) is 0 Å². The van der Waals surface area contributed by atoms with Crippen molar-refractivity contribution in [3.63, 3.8) is 0 Å². The van der Waals surface area contributed by atoms with Gasteiger partial charge in [0.1, 0.15) is 0 Å². The highest BCUT2D eigenvalue weighted by molar-refractivity contribution is 7.09. The molecule has 0 radical (unpaired) electrons. The Labute approximate surface area is 114 Å². The lowest BCUT2D eigenvalue weighted by Crippen LogP contribution is -2.50. The molecule has 18 heavy (non-hydrogen) atoms. The lowest BCUT2D eigenvalue weighted by atomic mass is 9.98. The summed E-state index contributed by atoms with van der Waals surface area (Å²) in [5, 5.41) is 5.69. The van der Waals surface area contributed by atoms with Gasteiger partial charge in [0, 0.05) is 37.0 Å². The highest BCUT2D eigenvalue weighted by atomic mass is 32.1. The normalized spacial score (nSPS) is 19.3. The molecule has 1 N–H and O–H groups in total. The summed E-state index contributed by atoms with van der Waals surface area (Å²) in [5.74, 6) is 0. The number of likely N-dealkylation sites (N-methyl/N-ethyl adjacent to an activating group) is 1. The molecule has 5 heteroatoms. The third-order valence-electron chi connectivity index (χ3n) is 3.18. The van der Waals surface area contributed by atoms with Crippen LogP contribution in [0.25, 0.3) is 0 Å². The Balaban J connectivity index is 1.82. The number of hydrogen-bond donors (Lipinski definition) is 1. The van der Waals surface area contributed by atoms with Gasteiger partial charge < -0.3 is 4.90 Å². The molecule has 1 aliphatic rings. The van der Waals surface area contributed by atoms with Crippen LogP contribution in [0, 0.1) is 0 Å². The fourth-order valence-electron chi connectivity index (χ4n) is 1.89. The third-order valence-corrected chi connectivity index (χ3v) is 4.50. The first kappa shape index (κ1) is 13.9. The summed E-state index contributed by atoms with van der Waals surface area (Å²) in [7, 11) is 2.17. The quantitative estimate of drug-likeness (QED) is 0.904. The van der Waals surface area contributed by atoms with Crippen molar-refractivity contribution in [2.75, 3.05) is 33.2 Å². The SMILES string of the molecule is CN1CCN(NCc2csc(C(C)(C)C)n2)CC1. The van der Waals surface area contributed by atoms with Crippen LogP contribution >= 0.6 is 11.3 Å². The second kappa shape index (κ2) is 5.65. The maximum Gasteiger partial charge on any atom is 0.0982 e. The van der Waals surface area contributed by atoms with Gasteiger partial charge in [-0.15, -0.1) is 11.3 Å². The van der Waals surface area contributed by atoms with E-state index < -0.39 is 0 Å². The van der Waals surface area contributed by atoms with Crippen molar-refractivity contribution in [2.24, 2.45) is 0 Å². The van der Waals surface area contributed by atoms with E-state index in [9.17, 15) is 0 Å². The molecule has 0 aromatic carbocycles. The Morgan fingerprint density at radius 2 is 1.94 bits per heavy atom. The lowest BCUT2D eigenvalue weighted by Gasteiger charge is -2.32. The summed E-state index contributed by atoms with van der Waals surface area (Å²) < 4.78 is 0. The molecule has 4 nitrogen and oxygen atoms in total. The first-order valence-corrected chi connectivity index (χ1v) is 7.45. The van der Waals surface area contributed by atoms with Gasteiger partial charge in [0.15, 0.2) is 0 Å². The standard InChI is InChI=1S/C13H24N4S/c1-13(2,3)12-15-11(10-18-12)9-14-17-7-5-16(4)6-8-17/h10,14H,5-9H2,1-4H3. The third kappa shape index (κ3) is 3.75. The predicted octanol–water partition coefficient (Wildman–Crippen LogP) is 1.69. The number of nitrogens with one attached hydrogen (secondary N) is 1. The Kier molecular flexibility index (Phi) is 4.37. The van der Waals surface area contributed by atoms with Crippen molar-refractivity contribution < 1.29 is 0 Å². The molecule has 0 spiro atoms. The molecule has 1 saturated heterocycles. The van der Waals surface area contributed by atoms with Crippen molar-refractivity contribution in [3.05, 3.63) is 16.1 Å². The average molecular weight is 268 g/mol. The molecule has 0 amide bonds. The fourth-order valence-corrected chi connectivity index (χ4v) is 2.80. The maximum atomic E-state index is 4.70. The molecule has 0 saturated carbocycles. The van der Waals surface area contributed by atoms with Gasteiger partial charge in [-0.3, -0.25) is 0 Å². The number of piperazine rings is 1. The minimum atomic E-state index is 0.163. The number of aromatic nitrogens is 1. The zero-order valence-corrected chi connectivity index (χ0v) is 12.7. The van der Waals surface area contributed by atoms with E-state index in [1.54, 1.807) is 11.3 Å². The summed E-state index contributed by atoms with van der Waals surface area (Å²) in [5.41, 5.74) is 4.79. The zero-order valence-electron chi connectivity index (χ0n) is 11.9. The molecule has 102 valence electrons. The molecular weight excluding hydrogens is 244 g/mol. The topological polar surface area (TPSA) is 31.4 Å². The van der Waals surface area contributed by atoms with E-state index in [-0.39, 0.29) is 5.41 Å². The van der Waals surface area contributed by atoms with Crippen molar-refractivity contribution in [2.45, 2.75) is 32.7 Å². The van der Waals surface area contributed by atoms with Crippen LogP contribution in [-0.4, -0.2) is 48.1 Å². The van der Waals surface area contributed by atoms with Crippen LogP contribution in [0.2, 0.25) is 0 Å². The second-order valence-corrected chi connectivity index (χ2v) is 6.88. The highest BCUT2D eigenvalue weighted by Crippen LogP contribution is 2.25. The smallest absolute Gasteiger partial charge is 0.0982 e. The van der Waals surface area contributed by atoms with Crippen LogP contribution in [0.1, 0.15) is 31.5 Å². The van der Waals surface area contributed by atoms with Crippen LogP contribution in [-0.2, 0) is 12.0 Å².